The molecule has 1 saturated carbocycles. The van der Waals surface area contributed by atoms with Crippen molar-refractivity contribution in [2.75, 3.05) is 18.6 Å². The maximum Gasteiger partial charge on any atom is 0.325 e. The van der Waals surface area contributed by atoms with Gasteiger partial charge in [0.15, 0.2) is 0 Å². The smallest absolute Gasteiger partial charge is 0.319 e. The zero-order chi connectivity index (χ0) is 19.3. The van der Waals surface area contributed by atoms with E-state index in [0.29, 0.717) is 23.4 Å². The second kappa shape index (κ2) is 6.39. The molecule has 1 aliphatic heterocycles. The molecule has 2 fully saturated rings. The Morgan fingerprint density at radius 1 is 1.23 bits per heavy atom. The van der Waals surface area contributed by atoms with E-state index >= 15 is 0 Å². The molecule has 3 rings (SSSR count). The molecule has 1 aliphatic carbocycles. The van der Waals surface area contributed by atoms with Gasteiger partial charge in [-0.05, 0) is 31.9 Å². The number of amides is 3. The summed E-state index contributed by atoms with van der Waals surface area (Å²) >= 11 is 12.1. The highest BCUT2D eigenvalue weighted by atomic mass is 35.5. The van der Waals surface area contributed by atoms with Gasteiger partial charge in [0.1, 0.15) is 15.4 Å². The van der Waals surface area contributed by atoms with Crippen molar-refractivity contribution in [1.82, 2.24) is 10.2 Å². The molecule has 1 N–H and O–H groups in total. The molecule has 0 radical (unpaired) electrons. The van der Waals surface area contributed by atoms with Crippen molar-refractivity contribution in [3.8, 4) is 0 Å². The summed E-state index contributed by atoms with van der Waals surface area (Å²) in [5.41, 5.74) is -1.42. The molecule has 1 unspecified atom stereocenters. The van der Waals surface area contributed by atoms with E-state index in [1.165, 1.54) is 12.3 Å². The summed E-state index contributed by atoms with van der Waals surface area (Å²) in [6.45, 7) is 1.68. The summed E-state index contributed by atoms with van der Waals surface area (Å²) in [6, 6.07) is 4.20. The highest BCUT2D eigenvalue weighted by Crippen LogP contribution is 2.44. The number of nitrogens with zero attached hydrogens (tertiary/aromatic N) is 1. The van der Waals surface area contributed by atoms with Gasteiger partial charge in [-0.3, -0.25) is 9.69 Å². The number of carbonyl (C=O) groups excluding carboxylic acids is 2. The van der Waals surface area contributed by atoms with Crippen molar-refractivity contribution in [2.24, 2.45) is 5.41 Å². The van der Waals surface area contributed by atoms with Gasteiger partial charge in [0.2, 0.25) is 0 Å². The van der Waals surface area contributed by atoms with Crippen LogP contribution in [0.15, 0.2) is 18.2 Å². The van der Waals surface area contributed by atoms with E-state index in [2.05, 4.69) is 5.32 Å². The first-order valence-corrected chi connectivity index (χ1v) is 11.0. The second-order valence-corrected chi connectivity index (χ2v) is 10.5. The van der Waals surface area contributed by atoms with Gasteiger partial charge in [0.05, 0.1) is 5.75 Å². The van der Waals surface area contributed by atoms with Gasteiger partial charge >= 0.3 is 6.03 Å². The minimum Gasteiger partial charge on any atom is -0.319 e. The Balaban J connectivity index is 1.89. The van der Waals surface area contributed by atoms with Gasteiger partial charge in [-0.1, -0.05) is 35.7 Å². The van der Waals surface area contributed by atoms with E-state index in [0.717, 1.165) is 11.3 Å². The molecule has 0 spiro atoms. The minimum atomic E-state index is -3.22. The Kier molecular flexibility index (Phi) is 4.78. The van der Waals surface area contributed by atoms with Crippen LogP contribution in [-0.2, 0) is 20.2 Å². The molecular weight excluding hydrogens is 399 g/mol. The molecular formula is C17H20Cl2N2O4S. The molecule has 142 valence electrons. The van der Waals surface area contributed by atoms with Crippen LogP contribution in [0.4, 0.5) is 4.79 Å². The Bertz CT molecular complexity index is 883. The van der Waals surface area contributed by atoms with Crippen molar-refractivity contribution < 1.29 is 18.0 Å². The fourth-order valence-electron chi connectivity index (χ4n) is 3.83. The number of carbonyl (C=O) groups is 2. The summed E-state index contributed by atoms with van der Waals surface area (Å²) in [5, 5.41) is 3.41. The van der Waals surface area contributed by atoms with Crippen LogP contribution < -0.4 is 5.32 Å². The average Bonchev–Trinajstić information content (AvgIpc) is 2.67. The maximum atomic E-state index is 13.1. The van der Waals surface area contributed by atoms with Gasteiger partial charge in [0, 0.05) is 33.8 Å². The van der Waals surface area contributed by atoms with E-state index in [4.69, 9.17) is 23.2 Å². The molecule has 2 aliphatic rings. The van der Waals surface area contributed by atoms with Crippen LogP contribution >= 0.6 is 23.2 Å². The normalized spacial score (nSPS) is 25.2. The van der Waals surface area contributed by atoms with Crippen LogP contribution in [0, 0.1) is 5.41 Å². The first-order valence-electron chi connectivity index (χ1n) is 8.23. The summed E-state index contributed by atoms with van der Waals surface area (Å²) in [7, 11) is -3.22. The third-order valence-electron chi connectivity index (χ3n) is 5.22. The molecule has 6 nitrogen and oxygen atoms in total. The fraction of sp³-hybridized carbons (Fsp3) is 0.529. The van der Waals surface area contributed by atoms with E-state index in [1.54, 1.807) is 19.1 Å². The molecule has 3 amide bonds. The van der Waals surface area contributed by atoms with Crippen LogP contribution in [0.2, 0.25) is 10.0 Å². The number of sulfone groups is 1. The standard InChI is InChI=1S/C17H20Cl2N2O4S/c1-16(12-5-4-11(18)8-13(12)19)14(22)21(15(23)20-16)9-17(6-3-7-17)10-26(2,24)25/h4-5,8H,3,6-7,9-10H2,1-2H3,(H,20,23). The van der Waals surface area contributed by atoms with Crippen LogP contribution in [0.1, 0.15) is 31.7 Å². The number of imide groups is 1. The number of benzene rings is 1. The van der Waals surface area contributed by atoms with Crippen molar-refractivity contribution in [3.63, 3.8) is 0 Å². The van der Waals surface area contributed by atoms with Crippen molar-refractivity contribution >= 4 is 45.0 Å². The Labute approximate surface area is 162 Å². The summed E-state index contributed by atoms with van der Waals surface area (Å²) < 4.78 is 23.5. The van der Waals surface area contributed by atoms with Gasteiger partial charge < -0.3 is 5.32 Å². The van der Waals surface area contributed by atoms with E-state index in [-0.39, 0.29) is 17.3 Å². The van der Waals surface area contributed by atoms with Crippen LogP contribution in [0.5, 0.6) is 0 Å². The lowest BCUT2D eigenvalue weighted by atomic mass is 9.70. The molecule has 1 saturated heterocycles. The predicted molar refractivity (Wildman–Crippen MR) is 100 cm³/mol. The van der Waals surface area contributed by atoms with E-state index < -0.39 is 32.7 Å². The quantitative estimate of drug-likeness (QED) is 0.744. The molecule has 1 aromatic carbocycles. The van der Waals surface area contributed by atoms with E-state index in [1.807, 2.05) is 0 Å². The Hall–Kier alpha value is -1.31. The highest BCUT2D eigenvalue weighted by molar-refractivity contribution is 7.90. The van der Waals surface area contributed by atoms with Crippen LogP contribution in [0.25, 0.3) is 0 Å². The zero-order valence-corrected chi connectivity index (χ0v) is 16.8. The van der Waals surface area contributed by atoms with Gasteiger partial charge in [-0.25, -0.2) is 13.2 Å². The zero-order valence-electron chi connectivity index (χ0n) is 14.5. The predicted octanol–water partition coefficient (Wildman–Crippen LogP) is 2.98. The number of rotatable bonds is 5. The van der Waals surface area contributed by atoms with Crippen LogP contribution in [-0.4, -0.2) is 43.8 Å². The number of urea groups is 1. The lowest BCUT2D eigenvalue weighted by Gasteiger charge is -2.43. The van der Waals surface area contributed by atoms with Gasteiger partial charge in [-0.2, -0.15) is 0 Å². The molecule has 1 heterocycles. The highest BCUT2D eigenvalue weighted by Gasteiger charge is 2.53. The molecule has 0 aromatic heterocycles. The Morgan fingerprint density at radius 2 is 1.88 bits per heavy atom. The van der Waals surface area contributed by atoms with Crippen molar-refractivity contribution in [3.05, 3.63) is 33.8 Å². The number of halogens is 2. The topological polar surface area (TPSA) is 83.6 Å². The first kappa shape index (κ1) is 19.5. The maximum absolute atomic E-state index is 13.1. The van der Waals surface area contributed by atoms with Gasteiger partial charge in [-0.15, -0.1) is 0 Å². The largest absolute Gasteiger partial charge is 0.325 e. The molecule has 9 heteroatoms. The molecule has 1 atom stereocenters. The summed E-state index contributed by atoms with van der Waals surface area (Å²) in [4.78, 5) is 26.7. The SMILES string of the molecule is CC1(c2ccc(Cl)cc2Cl)NC(=O)N(CC2(CS(C)(=O)=O)CCC2)C1=O. The van der Waals surface area contributed by atoms with Crippen LogP contribution in [0.3, 0.4) is 0 Å². The second-order valence-electron chi connectivity index (χ2n) is 7.49. The van der Waals surface area contributed by atoms with E-state index in [9.17, 15) is 18.0 Å². The Morgan fingerprint density at radius 3 is 2.38 bits per heavy atom. The fourth-order valence-corrected chi connectivity index (χ4v) is 5.92. The molecule has 26 heavy (non-hydrogen) atoms. The lowest BCUT2D eigenvalue weighted by Crippen LogP contribution is -2.49. The molecule has 0 bridgehead atoms. The third-order valence-corrected chi connectivity index (χ3v) is 6.91. The monoisotopic (exact) mass is 418 g/mol. The van der Waals surface area contributed by atoms with Crippen molar-refractivity contribution in [2.45, 2.75) is 31.7 Å². The van der Waals surface area contributed by atoms with Gasteiger partial charge in [0.25, 0.3) is 5.91 Å². The van der Waals surface area contributed by atoms with Crippen molar-refractivity contribution in [1.29, 1.82) is 0 Å². The summed E-state index contributed by atoms with van der Waals surface area (Å²) in [5.74, 6) is -0.471. The summed E-state index contributed by atoms with van der Waals surface area (Å²) in [6.07, 6.45) is 3.42. The number of hydrogen-bond donors (Lipinski definition) is 1. The molecule has 1 aromatic rings. The average molecular weight is 419 g/mol. The number of hydrogen-bond acceptors (Lipinski definition) is 4. The third kappa shape index (κ3) is 3.44. The number of nitrogens with one attached hydrogen (secondary N) is 1. The minimum absolute atomic E-state index is 0.0323. The first-order chi connectivity index (χ1) is 12.0. The lowest BCUT2D eigenvalue weighted by molar-refractivity contribution is -0.132.